The summed E-state index contributed by atoms with van der Waals surface area (Å²) in [5.41, 5.74) is 4.41. The SMILES string of the molecule is Cc1cnc2c(c1)S(O)(O)N(Cc1cc(C(c3ccn4c(C5CC5)nnc4c3C)C(C)(C)C(=O)O)ccc1C)CC1(CC1)O2. The van der Waals surface area contributed by atoms with Crippen molar-refractivity contribution in [1.82, 2.24) is 23.9 Å². The van der Waals surface area contributed by atoms with Gasteiger partial charge < -0.3 is 9.84 Å². The van der Waals surface area contributed by atoms with Gasteiger partial charge in [-0.15, -0.1) is 21.0 Å². The lowest BCUT2D eigenvalue weighted by atomic mass is 9.70. The van der Waals surface area contributed by atoms with Crippen LogP contribution in [0.25, 0.3) is 5.65 Å². The van der Waals surface area contributed by atoms with Crippen LogP contribution in [0.3, 0.4) is 0 Å². The Balaban J connectivity index is 1.31. The molecule has 0 bridgehead atoms. The molecule has 2 saturated carbocycles. The third kappa shape index (κ3) is 4.77. The summed E-state index contributed by atoms with van der Waals surface area (Å²) >= 11 is 0. The first-order valence-corrected chi connectivity index (χ1v) is 16.7. The van der Waals surface area contributed by atoms with Crippen LogP contribution in [0.15, 0.2) is 47.6 Å². The lowest BCUT2D eigenvalue weighted by molar-refractivity contribution is -0.147. The molecule has 1 atom stereocenters. The number of benzene rings is 1. The highest BCUT2D eigenvalue weighted by Gasteiger charge is 2.52. The van der Waals surface area contributed by atoms with Gasteiger partial charge in [0.15, 0.2) is 5.65 Å². The highest BCUT2D eigenvalue weighted by atomic mass is 32.3. The Hall–Kier alpha value is -3.51. The topological polar surface area (TPSA) is 133 Å². The van der Waals surface area contributed by atoms with Gasteiger partial charge >= 0.3 is 5.97 Å². The Kier molecular flexibility index (Phi) is 6.64. The number of fused-ring (bicyclic) bond motifs is 2. The van der Waals surface area contributed by atoms with Gasteiger partial charge in [-0.1, -0.05) is 18.2 Å². The van der Waals surface area contributed by atoms with Crippen molar-refractivity contribution in [2.75, 3.05) is 6.54 Å². The number of hydrogen-bond donors (Lipinski definition) is 3. The van der Waals surface area contributed by atoms with E-state index in [0.29, 0.717) is 17.4 Å². The van der Waals surface area contributed by atoms with Crippen LogP contribution in [0.2, 0.25) is 0 Å². The fourth-order valence-electron chi connectivity index (χ4n) is 6.52. The maximum atomic E-state index is 12.8. The predicted molar refractivity (Wildman–Crippen MR) is 167 cm³/mol. The summed E-state index contributed by atoms with van der Waals surface area (Å²) in [6.45, 7) is 9.98. The number of aromatic nitrogens is 4. The van der Waals surface area contributed by atoms with Crippen LogP contribution in [-0.2, 0) is 11.3 Å². The van der Waals surface area contributed by atoms with Crippen LogP contribution >= 0.6 is 10.8 Å². The number of carboxylic acid groups (broad SMARTS) is 1. The van der Waals surface area contributed by atoms with E-state index in [2.05, 4.69) is 15.2 Å². The second-order valence-electron chi connectivity index (χ2n) is 13.5. The van der Waals surface area contributed by atoms with Gasteiger partial charge in [0.25, 0.3) is 0 Å². The van der Waals surface area contributed by atoms with Crippen LogP contribution < -0.4 is 4.74 Å². The monoisotopic (exact) mass is 617 g/mol. The van der Waals surface area contributed by atoms with Crippen molar-refractivity contribution in [3.05, 3.63) is 81.9 Å². The molecular weight excluding hydrogens is 578 g/mol. The van der Waals surface area contributed by atoms with Crippen molar-refractivity contribution in [1.29, 1.82) is 0 Å². The predicted octanol–water partition coefficient (Wildman–Crippen LogP) is 6.62. The smallest absolute Gasteiger partial charge is 0.310 e. The molecule has 3 aromatic heterocycles. The molecule has 232 valence electrons. The molecule has 1 aromatic carbocycles. The summed E-state index contributed by atoms with van der Waals surface area (Å²) in [5.74, 6) is 0.272. The molecular formula is C33H39N5O5S. The summed E-state index contributed by atoms with van der Waals surface area (Å²) in [6, 6.07) is 9.78. The first-order chi connectivity index (χ1) is 20.8. The summed E-state index contributed by atoms with van der Waals surface area (Å²) in [5, 5.41) is 19.4. The van der Waals surface area contributed by atoms with E-state index in [1.54, 1.807) is 30.4 Å². The quantitative estimate of drug-likeness (QED) is 0.209. The molecule has 2 aliphatic carbocycles. The van der Waals surface area contributed by atoms with Gasteiger partial charge in [-0.05, 0) is 106 Å². The average Bonchev–Trinajstić information content (AvgIpc) is 3.91. The number of pyridine rings is 2. The van der Waals surface area contributed by atoms with E-state index in [1.807, 2.05) is 55.6 Å². The lowest BCUT2D eigenvalue weighted by Gasteiger charge is -2.42. The van der Waals surface area contributed by atoms with Crippen LogP contribution in [-0.4, -0.2) is 56.2 Å². The summed E-state index contributed by atoms with van der Waals surface area (Å²) < 4.78 is 33.4. The standard InChI is InChI=1S/C33H39N5O5S/c1-19-14-26-30(34-16-19)43-33(11-12-33)18-37(44(26,41)42)17-24-15-23(7-6-20(24)2)27(32(4,5)31(39)40)25-10-13-38-28(21(25)3)35-36-29(38)22-8-9-22/h6-7,10,13-16,22,27,41-42H,8-9,11-12,17-18H2,1-5H3,(H,39,40). The first-order valence-electron chi connectivity index (χ1n) is 15.2. The minimum atomic E-state index is -3.41. The third-order valence-corrected chi connectivity index (χ3v) is 11.5. The van der Waals surface area contributed by atoms with E-state index in [-0.39, 0.29) is 12.4 Å². The Labute approximate surface area is 258 Å². The maximum Gasteiger partial charge on any atom is 0.310 e. The first kappa shape index (κ1) is 29.2. The zero-order valence-electron chi connectivity index (χ0n) is 25.7. The van der Waals surface area contributed by atoms with Gasteiger partial charge in [-0.25, -0.2) is 4.98 Å². The second kappa shape index (κ2) is 10.00. The second-order valence-corrected chi connectivity index (χ2v) is 15.5. The Morgan fingerprint density at radius 3 is 2.57 bits per heavy atom. The van der Waals surface area contributed by atoms with E-state index in [1.165, 1.54) is 0 Å². The molecule has 44 heavy (non-hydrogen) atoms. The average molecular weight is 618 g/mol. The molecule has 3 N–H and O–H groups in total. The van der Waals surface area contributed by atoms with Gasteiger partial charge in [-0.2, -0.15) is 4.31 Å². The highest BCUT2D eigenvalue weighted by molar-refractivity contribution is 8.22. The molecule has 2 fully saturated rings. The third-order valence-electron chi connectivity index (χ3n) is 9.67. The number of ether oxygens (including phenoxy) is 1. The summed E-state index contributed by atoms with van der Waals surface area (Å²) in [4.78, 5) is 17.5. The van der Waals surface area contributed by atoms with Crippen molar-refractivity contribution >= 4 is 22.4 Å². The fraction of sp³-hybridized carbons (Fsp3) is 0.455. The molecule has 3 aliphatic rings. The van der Waals surface area contributed by atoms with Gasteiger partial charge in [0.05, 0.1) is 12.0 Å². The molecule has 0 saturated heterocycles. The zero-order chi connectivity index (χ0) is 31.2. The number of hydrogen-bond acceptors (Lipinski definition) is 8. The number of aliphatic carboxylic acids is 1. The fourth-order valence-corrected chi connectivity index (χ4v) is 8.21. The molecule has 7 rings (SSSR count). The minimum absolute atomic E-state index is 0.258. The molecule has 1 spiro atoms. The number of carbonyl (C=O) groups is 1. The summed E-state index contributed by atoms with van der Waals surface area (Å²) in [6.07, 6.45) is 7.51. The number of rotatable bonds is 7. The van der Waals surface area contributed by atoms with Gasteiger partial charge in [0.2, 0.25) is 5.88 Å². The van der Waals surface area contributed by atoms with Gasteiger partial charge in [0.1, 0.15) is 16.3 Å². The normalized spacial score (nSPS) is 20.5. The molecule has 1 unspecified atom stereocenters. The molecule has 4 aromatic rings. The molecule has 0 radical (unpaired) electrons. The summed E-state index contributed by atoms with van der Waals surface area (Å²) in [7, 11) is -3.41. The lowest BCUT2D eigenvalue weighted by Crippen LogP contribution is -2.36. The Morgan fingerprint density at radius 1 is 1.14 bits per heavy atom. The van der Waals surface area contributed by atoms with Crippen LogP contribution in [0.5, 0.6) is 5.88 Å². The van der Waals surface area contributed by atoms with Gasteiger partial charge in [-0.3, -0.25) is 18.3 Å². The van der Waals surface area contributed by atoms with Crippen molar-refractivity contribution in [2.24, 2.45) is 5.41 Å². The Morgan fingerprint density at radius 2 is 1.89 bits per heavy atom. The Bertz CT molecular complexity index is 1810. The van der Waals surface area contributed by atoms with E-state index in [0.717, 1.165) is 70.5 Å². The van der Waals surface area contributed by atoms with Crippen LogP contribution in [0, 0.1) is 26.2 Å². The molecule has 4 heterocycles. The zero-order valence-corrected chi connectivity index (χ0v) is 26.6. The van der Waals surface area contributed by atoms with E-state index >= 15 is 0 Å². The van der Waals surface area contributed by atoms with Crippen molar-refractivity contribution in [2.45, 2.75) is 89.2 Å². The van der Waals surface area contributed by atoms with Crippen molar-refractivity contribution in [3.63, 3.8) is 0 Å². The van der Waals surface area contributed by atoms with Gasteiger partial charge in [0, 0.05) is 30.8 Å². The number of aryl methyl sites for hydroxylation is 3. The van der Waals surface area contributed by atoms with E-state index in [4.69, 9.17) is 4.74 Å². The van der Waals surface area contributed by atoms with E-state index in [9.17, 15) is 19.0 Å². The van der Waals surface area contributed by atoms with Crippen molar-refractivity contribution < 1.29 is 23.7 Å². The maximum absolute atomic E-state index is 12.8. The minimum Gasteiger partial charge on any atom is -0.481 e. The van der Waals surface area contributed by atoms with Crippen LogP contribution in [0.4, 0.5) is 0 Å². The molecule has 0 amide bonds. The number of nitrogens with zero attached hydrogens (tertiary/aromatic N) is 5. The van der Waals surface area contributed by atoms with Crippen molar-refractivity contribution in [3.8, 4) is 5.88 Å². The molecule has 1 aliphatic heterocycles. The molecule has 10 nitrogen and oxygen atoms in total. The largest absolute Gasteiger partial charge is 0.481 e. The van der Waals surface area contributed by atoms with Crippen LogP contribution in [0.1, 0.15) is 90.6 Å². The highest BCUT2D eigenvalue weighted by Crippen LogP contribution is 2.61. The molecule has 11 heteroatoms. The number of carboxylic acids is 1. The van der Waals surface area contributed by atoms with E-state index < -0.39 is 33.7 Å².